The molecule has 0 unspecified atom stereocenters. The van der Waals surface area contributed by atoms with Crippen LogP contribution in [0.15, 0.2) is 33.6 Å². The topological polar surface area (TPSA) is 83.3 Å². The number of rotatable bonds is 5. The van der Waals surface area contributed by atoms with Gasteiger partial charge in [0.15, 0.2) is 0 Å². The van der Waals surface area contributed by atoms with E-state index in [9.17, 15) is 13.2 Å². The number of para-hydroxylation sites is 2. The average Bonchev–Trinajstić information content (AvgIpc) is 3.42. The summed E-state index contributed by atoms with van der Waals surface area (Å²) >= 11 is 0. The molecule has 0 radical (unpaired) electrons. The Morgan fingerprint density at radius 3 is 2.26 bits per heavy atom. The molecule has 4 rings (SSSR count). The molecule has 2 aliphatic rings. The summed E-state index contributed by atoms with van der Waals surface area (Å²) in [6, 6.07) is 7.80. The molecular formula is C22H29N3O5S. The van der Waals surface area contributed by atoms with Crippen LogP contribution < -0.4 is 9.64 Å². The second-order valence-electron chi connectivity index (χ2n) is 7.98. The fraction of sp³-hybridized carbons (Fsp3) is 0.500. The van der Waals surface area contributed by atoms with Gasteiger partial charge in [0, 0.05) is 39.3 Å². The SMILES string of the molecule is COc1ccccc1N1CCN(C(=O)c2c(C)oc(C)c2S(=O)(=O)N2CCCC2)CC1. The van der Waals surface area contributed by atoms with Gasteiger partial charge in [0.1, 0.15) is 27.7 Å². The van der Waals surface area contributed by atoms with Gasteiger partial charge in [0.05, 0.1) is 12.8 Å². The number of methoxy groups -OCH3 is 1. The average molecular weight is 448 g/mol. The molecule has 2 aromatic rings. The summed E-state index contributed by atoms with van der Waals surface area (Å²) in [5.41, 5.74) is 1.17. The minimum absolute atomic E-state index is 0.0315. The van der Waals surface area contributed by atoms with E-state index in [1.54, 1.807) is 25.9 Å². The van der Waals surface area contributed by atoms with Crippen molar-refractivity contribution < 1.29 is 22.4 Å². The van der Waals surface area contributed by atoms with Gasteiger partial charge in [-0.1, -0.05) is 12.1 Å². The van der Waals surface area contributed by atoms with Gasteiger partial charge in [-0.05, 0) is 38.8 Å². The fourth-order valence-electron chi connectivity index (χ4n) is 4.48. The lowest BCUT2D eigenvalue weighted by molar-refractivity contribution is 0.0741. The van der Waals surface area contributed by atoms with Crippen LogP contribution >= 0.6 is 0 Å². The molecule has 0 saturated carbocycles. The molecule has 0 spiro atoms. The summed E-state index contributed by atoms with van der Waals surface area (Å²) in [5, 5.41) is 0. The van der Waals surface area contributed by atoms with Crippen molar-refractivity contribution in [1.82, 2.24) is 9.21 Å². The molecule has 1 amide bonds. The van der Waals surface area contributed by atoms with Crippen LogP contribution in [0.25, 0.3) is 0 Å². The van der Waals surface area contributed by atoms with Crippen LogP contribution in [0.5, 0.6) is 5.75 Å². The van der Waals surface area contributed by atoms with Crippen molar-refractivity contribution in [2.24, 2.45) is 0 Å². The number of nitrogens with zero attached hydrogens (tertiary/aromatic N) is 3. The summed E-state index contributed by atoms with van der Waals surface area (Å²) in [5.74, 6) is 1.14. The van der Waals surface area contributed by atoms with Gasteiger partial charge in [-0.15, -0.1) is 0 Å². The van der Waals surface area contributed by atoms with Gasteiger partial charge in [-0.2, -0.15) is 4.31 Å². The maximum atomic E-state index is 13.4. The normalized spacial score (nSPS) is 17.9. The molecule has 168 valence electrons. The molecule has 3 heterocycles. The van der Waals surface area contributed by atoms with Crippen molar-refractivity contribution in [3.8, 4) is 5.75 Å². The highest BCUT2D eigenvalue weighted by Crippen LogP contribution is 2.33. The van der Waals surface area contributed by atoms with E-state index in [1.165, 1.54) is 4.31 Å². The second kappa shape index (κ2) is 8.55. The Morgan fingerprint density at radius 1 is 0.968 bits per heavy atom. The van der Waals surface area contributed by atoms with Crippen LogP contribution in [0.4, 0.5) is 5.69 Å². The minimum Gasteiger partial charge on any atom is -0.495 e. The molecule has 9 heteroatoms. The smallest absolute Gasteiger partial charge is 0.258 e. The van der Waals surface area contributed by atoms with Crippen molar-refractivity contribution in [2.75, 3.05) is 51.3 Å². The van der Waals surface area contributed by atoms with Gasteiger partial charge in [-0.3, -0.25) is 4.79 Å². The highest BCUT2D eigenvalue weighted by molar-refractivity contribution is 7.89. The molecule has 0 atom stereocenters. The lowest BCUT2D eigenvalue weighted by Gasteiger charge is -2.36. The molecule has 2 saturated heterocycles. The van der Waals surface area contributed by atoms with E-state index in [0.717, 1.165) is 24.3 Å². The molecule has 0 N–H and O–H groups in total. The Hall–Kier alpha value is -2.52. The van der Waals surface area contributed by atoms with E-state index < -0.39 is 10.0 Å². The molecule has 8 nitrogen and oxygen atoms in total. The van der Waals surface area contributed by atoms with Crippen molar-refractivity contribution in [3.63, 3.8) is 0 Å². The number of carbonyl (C=O) groups is 1. The number of benzene rings is 1. The Kier molecular flexibility index (Phi) is 5.98. The number of aryl methyl sites for hydroxylation is 2. The Labute approximate surface area is 183 Å². The molecule has 1 aromatic heterocycles. The monoisotopic (exact) mass is 447 g/mol. The molecule has 0 bridgehead atoms. The van der Waals surface area contributed by atoms with Crippen LogP contribution in [0.3, 0.4) is 0 Å². The number of sulfonamides is 1. The first-order chi connectivity index (χ1) is 14.8. The quantitative estimate of drug-likeness (QED) is 0.701. The van der Waals surface area contributed by atoms with E-state index in [-0.39, 0.29) is 22.1 Å². The van der Waals surface area contributed by atoms with E-state index in [0.29, 0.717) is 45.0 Å². The standard InChI is InChI=1S/C22H29N3O5S/c1-16-20(21(17(2)30-16)31(27,28)25-10-6-7-11-25)22(26)24-14-12-23(13-15-24)18-8-4-5-9-19(18)29-3/h4-5,8-9H,6-7,10-15H2,1-3H3. The van der Waals surface area contributed by atoms with E-state index >= 15 is 0 Å². The van der Waals surface area contributed by atoms with Crippen LogP contribution in [0.1, 0.15) is 34.7 Å². The van der Waals surface area contributed by atoms with Crippen LogP contribution in [0, 0.1) is 13.8 Å². The summed E-state index contributed by atoms with van der Waals surface area (Å²) in [6.07, 6.45) is 1.67. The molecule has 1 aromatic carbocycles. The lowest BCUT2D eigenvalue weighted by atomic mass is 10.1. The number of furan rings is 1. The fourth-order valence-corrected chi connectivity index (χ4v) is 6.37. The Morgan fingerprint density at radius 2 is 1.61 bits per heavy atom. The van der Waals surface area contributed by atoms with Crippen LogP contribution in [0.2, 0.25) is 0 Å². The number of hydrogen-bond donors (Lipinski definition) is 0. The molecule has 2 aliphatic heterocycles. The Balaban J connectivity index is 1.56. The van der Waals surface area contributed by atoms with Crippen molar-refractivity contribution in [1.29, 1.82) is 0 Å². The van der Waals surface area contributed by atoms with Gasteiger partial charge in [-0.25, -0.2) is 8.42 Å². The van der Waals surface area contributed by atoms with Crippen molar-refractivity contribution in [3.05, 3.63) is 41.3 Å². The molecule has 31 heavy (non-hydrogen) atoms. The first-order valence-corrected chi connectivity index (χ1v) is 12.1. The van der Waals surface area contributed by atoms with Crippen LogP contribution in [-0.4, -0.2) is 69.9 Å². The van der Waals surface area contributed by atoms with E-state index in [4.69, 9.17) is 9.15 Å². The Bertz CT molecular complexity index is 1060. The van der Waals surface area contributed by atoms with Gasteiger partial charge in [0.25, 0.3) is 5.91 Å². The third-order valence-electron chi connectivity index (χ3n) is 6.07. The lowest BCUT2D eigenvalue weighted by Crippen LogP contribution is -2.49. The maximum absolute atomic E-state index is 13.4. The summed E-state index contributed by atoms with van der Waals surface area (Å²) in [4.78, 5) is 17.3. The zero-order valence-corrected chi connectivity index (χ0v) is 19.1. The summed E-state index contributed by atoms with van der Waals surface area (Å²) in [7, 11) is -2.12. The largest absolute Gasteiger partial charge is 0.495 e. The number of hydrogen-bond acceptors (Lipinski definition) is 6. The molecule has 2 fully saturated rings. The van der Waals surface area contributed by atoms with E-state index in [2.05, 4.69) is 4.90 Å². The zero-order chi connectivity index (χ0) is 22.2. The van der Waals surface area contributed by atoms with Crippen molar-refractivity contribution >= 4 is 21.6 Å². The number of amides is 1. The van der Waals surface area contributed by atoms with Gasteiger partial charge >= 0.3 is 0 Å². The predicted molar refractivity (Wildman–Crippen MR) is 117 cm³/mol. The number of ether oxygens (including phenoxy) is 1. The third kappa shape index (κ3) is 3.92. The third-order valence-corrected chi connectivity index (χ3v) is 8.13. The summed E-state index contributed by atoms with van der Waals surface area (Å²) < 4.78 is 39.1. The van der Waals surface area contributed by atoms with Gasteiger partial charge < -0.3 is 19.0 Å². The predicted octanol–water partition coefficient (Wildman–Crippen LogP) is 2.65. The molecular weight excluding hydrogens is 418 g/mol. The summed E-state index contributed by atoms with van der Waals surface area (Å²) in [6.45, 7) is 6.50. The minimum atomic E-state index is -3.76. The highest BCUT2D eigenvalue weighted by atomic mass is 32.2. The number of anilines is 1. The highest BCUT2D eigenvalue weighted by Gasteiger charge is 2.38. The zero-order valence-electron chi connectivity index (χ0n) is 18.3. The number of piperazine rings is 1. The van der Waals surface area contributed by atoms with Crippen LogP contribution in [-0.2, 0) is 10.0 Å². The maximum Gasteiger partial charge on any atom is 0.258 e. The van der Waals surface area contributed by atoms with Crippen molar-refractivity contribution in [2.45, 2.75) is 31.6 Å². The first kappa shape index (κ1) is 21.7. The van der Waals surface area contributed by atoms with Gasteiger partial charge in [0.2, 0.25) is 10.0 Å². The van der Waals surface area contributed by atoms with E-state index in [1.807, 2.05) is 24.3 Å². The second-order valence-corrected chi connectivity index (χ2v) is 9.86. The first-order valence-electron chi connectivity index (χ1n) is 10.6. The molecule has 0 aliphatic carbocycles. The number of carbonyl (C=O) groups excluding carboxylic acids is 1.